The van der Waals surface area contributed by atoms with Crippen molar-refractivity contribution in [2.24, 2.45) is 0 Å². The molecule has 70 valence electrons. The predicted molar refractivity (Wildman–Crippen MR) is 56.5 cm³/mol. The SMILES string of the molecule is Cc1cnc(C#Cc2ccsc2Cl)o1. The third-order valence-corrected chi connectivity index (χ3v) is 2.71. The molecule has 2 aromatic heterocycles. The summed E-state index contributed by atoms with van der Waals surface area (Å²) in [4.78, 5) is 3.96. The van der Waals surface area contributed by atoms with E-state index in [2.05, 4.69) is 16.8 Å². The summed E-state index contributed by atoms with van der Waals surface area (Å²) in [5.41, 5.74) is 0.813. The number of hydrogen-bond donors (Lipinski definition) is 0. The number of rotatable bonds is 0. The molecule has 0 spiro atoms. The van der Waals surface area contributed by atoms with E-state index < -0.39 is 0 Å². The molecule has 0 unspecified atom stereocenters. The van der Waals surface area contributed by atoms with Crippen molar-refractivity contribution >= 4 is 22.9 Å². The maximum atomic E-state index is 5.88. The average Bonchev–Trinajstić information content (AvgIpc) is 2.72. The highest BCUT2D eigenvalue weighted by molar-refractivity contribution is 7.14. The molecule has 0 fully saturated rings. The first kappa shape index (κ1) is 9.32. The van der Waals surface area contributed by atoms with E-state index in [-0.39, 0.29) is 0 Å². The molecule has 0 radical (unpaired) electrons. The minimum absolute atomic E-state index is 0.421. The zero-order valence-electron chi connectivity index (χ0n) is 7.37. The van der Waals surface area contributed by atoms with Gasteiger partial charge in [0.2, 0.25) is 0 Å². The van der Waals surface area contributed by atoms with Crippen LogP contribution in [0.4, 0.5) is 0 Å². The molecule has 2 nitrogen and oxygen atoms in total. The van der Waals surface area contributed by atoms with Crippen LogP contribution in [-0.2, 0) is 0 Å². The van der Waals surface area contributed by atoms with Crippen molar-refractivity contribution in [3.8, 4) is 11.8 Å². The van der Waals surface area contributed by atoms with Crippen molar-refractivity contribution in [1.29, 1.82) is 0 Å². The second kappa shape index (κ2) is 3.87. The van der Waals surface area contributed by atoms with Crippen molar-refractivity contribution in [1.82, 2.24) is 4.98 Å². The lowest BCUT2D eigenvalue weighted by Crippen LogP contribution is -1.71. The van der Waals surface area contributed by atoms with Crippen LogP contribution in [0.1, 0.15) is 17.2 Å². The van der Waals surface area contributed by atoms with Crippen LogP contribution in [0, 0.1) is 18.8 Å². The second-order valence-electron chi connectivity index (χ2n) is 2.63. The smallest absolute Gasteiger partial charge is 0.273 e. The summed E-state index contributed by atoms with van der Waals surface area (Å²) in [6.45, 7) is 1.83. The zero-order valence-corrected chi connectivity index (χ0v) is 8.95. The van der Waals surface area contributed by atoms with Gasteiger partial charge in [0.25, 0.3) is 5.89 Å². The van der Waals surface area contributed by atoms with Gasteiger partial charge in [0.05, 0.1) is 11.8 Å². The number of hydrogen-bond acceptors (Lipinski definition) is 3. The summed E-state index contributed by atoms with van der Waals surface area (Å²) >= 11 is 7.33. The van der Waals surface area contributed by atoms with Gasteiger partial charge in [0.1, 0.15) is 10.1 Å². The van der Waals surface area contributed by atoms with E-state index in [9.17, 15) is 0 Å². The Labute approximate surface area is 90.5 Å². The van der Waals surface area contributed by atoms with Crippen molar-refractivity contribution in [2.45, 2.75) is 6.92 Å². The van der Waals surface area contributed by atoms with E-state index >= 15 is 0 Å². The summed E-state index contributed by atoms with van der Waals surface area (Å²) < 4.78 is 5.89. The standard InChI is InChI=1S/C10H6ClNOS/c1-7-6-12-9(13-7)3-2-8-4-5-14-10(8)11/h4-6H,1H3. The highest BCUT2D eigenvalue weighted by Gasteiger charge is 1.98. The molecule has 0 aliphatic carbocycles. The first-order valence-corrected chi connectivity index (χ1v) is 5.19. The molecule has 4 heteroatoms. The third-order valence-electron chi connectivity index (χ3n) is 1.54. The number of thiophene rings is 1. The zero-order chi connectivity index (χ0) is 9.97. The van der Waals surface area contributed by atoms with Crippen LogP contribution < -0.4 is 0 Å². The van der Waals surface area contributed by atoms with E-state index in [1.807, 2.05) is 18.4 Å². The van der Waals surface area contributed by atoms with E-state index in [0.29, 0.717) is 10.2 Å². The maximum Gasteiger partial charge on any atom is 0.273 e. The molecular formula is C10H6ClNOS. The Morgan fingerprint density at radius 3 is 2.93 bits per heavy atom. The lowest BCUT2D eigenvalue weighted by Gasteiger charge is -1.81. The van der Waals surface area contributed by atoms with E-state index in [0.717, 1.165) is 11.3 Å². The third kappa shape index (κ3) is 1.98. The van der Waals surface area contributed by atoms with Gasteiger partial charge >= 0.3 is 0 Å². The highest BCUT2D eigenvalue weighted by Crippen LogP contribution is 2.21. The van der Waals surface area contributed by atoms with Gasteiger partial charge in [-0.1, -0.05) is 17.5 Å². The predicted octanol–water partition coefficient (Wildman–Crippen LogP) is 3.10. The Hall–Kier alpha value is -1.24. The largest absolute Gasteiger partial charge is 0.435 e. The summed E-state index contributed by atoms with van der Waals surface area (Å²) in [5.74, 6) is 6.87. The number of aromatic nitrogens is 1. The van der Waals surface area contributed by atoms with Crippen LogP contribution in [0.5, 0.6) is 0 Å². The fraction of sp³-hybridized carbons (Fsp3) is 0.100. The molecule has 14 heavy (non-hydrogen) atoms. The second-order valence-corrected chi connectivity index (χ2v) is 4.15. The number of aryl methyl sites for hydroxylation is 1. The van der Waals surface area contributed by atoms with Crippen LogP contribution in [0.2, 0.25) is 4.34 Å². The van der Waals surface area contributed by atoms with Crippen molar-refractivity contribution in [2.75, 3.05) is 0 Å². The van der Waals surface area contributed by atoms with Gasteiger partial charge in [-0.05, 0) is 24.3 Å². The van der Waals surface area contributed by atoms with Gasteiger partial charge in [-0.25, -0.2) is 4.98 Å². The Morgan fingerprint density at radius 1 is 1.50 bits per heavy atom. The molecule has 0 N–H and O–H groups in total. The van der Waals surface area contributed by atoms with Gasteiger partial charge in [0.15, 0.2) is 0 Å². The topological polar surface area (TPSA) is 26.0 Å². The monoisotopic (exact) mass is 223 g/mol. The Balaban J connectivity index is 2.27. The molecule has 0 aromatic carbocycles. The van der Waals surface area contributed by atoms with Crippen LogP contribution in [0.15, 0.2) is 22.1 Å². The fourth-order valence-electron chi connectivity index (χ4n) is 0.915. The highest BCUT2D eigenvalue weighted by atomic mass is 35.5. The molecule has 0 bridgehead atoms. The van der Waals surface area contributed by atoms with Crippen LogP contribution in [0.3, 0.4) is 0 Å². The first-order valence-electron chi connectivity index (χ1n) is 3.93. The molecule has 0 atom stereocenters. The molecule has 2 rings (SSSR count). The van der Waals surface area contributed by atoms with Crippen molar-refractivity contribution < 1.29 is 4.42 Å². The van der Waals surface area contributed by atoms with Gasteiger partial charge in [0, 0.05) is 0 Å². The van der Waals surface area contributed by atoms with E-state index in [1.165, 1.54) is 11.3 Å². The normalized spacial score (nSPS) is 9.57. The van der Waals surface area contributed by atoms with Crippen molar-refractivity contribution in [3.63, 3.8) is 0 Å². The summed E-state index contributed by atoms with van der Waals surface area (Å²) in [7, 11) is 0. The molecule has 2 heterocycles. The molecular weight excluding hydrogens is 218 g/mol. The Bertz CT molecular complexity index is 503. The van der Waals surface area contributed by atoms with Gasteiger partial charge < -0.3 is 4.42 Å². The van der Waals surface area contributed by atoms with E-state index in [4.69, 9.17) is 16.0 Å². The molecule has 0 amide bonds. The van der Waals surface area contributed by atoms with Gasteiger partial charge in [-0.15, -0.1) is 11.3 Å². The average molecular weight is 224 g/mol. The molecule has 0 saturated carbocycles. The lowest BCUT2D eigenvalue weighted by molar-refractivity contribution is 0.514. The number of oxazole rings is 1. The summed E-state index contributed by atoms with van der Waals surface area (Å²) in [6, 6.07) is 1.87. The molecule has 0 aliphatic rings. The number of halogens is 1. The first-order chi connectivity index (χ1) is 6.75. The summed E-state index contributed by atoms with van der Waals surface area (Å²) in [6.07, 6.45) is 1.64. The Morgan fingerprint density at radius 2 is 2.36 bits per heavy atom. The lowest BCUT2D eigenvalue weighted by atomic mass is 10.3. The van der Waals surface area contributed by atoms with E-state index in [1.54, 1.807) is 6.20 Å². The molecule has 0 aliphatic heterocycles. The Kier molecular flexibility index (Phi) is 2.58. The molecule has 2 aromatic rings. The number of nitrogens with zero attached hydrogens (tertiary/aromatic N) is 1. The van der Waals surface area contributed by atoms with Crippen LogP contribution in [0.25, 0.3) is 0 Å². The fourth-order valence-corrected chi connectivity index (χ4v) is 1.75. The van der Waals surface area contributed by atoms with Gasteiger partial charge in [-0.3, -0.25) is 0 Å². The summed E-state index contributed by atoms with van der Waals surface area (Å²) in [5, 5.41) is 1.90. The minimum Gasteiger partial charge on any atom is -0.435 e. The van der Waals surface area contributed by atoms with Crippen LogP contribution in [-0.4, -0.2) is 4.98 Å². The minimum atomic E-state index is 0.421. The maximum absolute atomic E-state index is 5.88. The van der Waals surface area contributed by atoms with Crippen LogP contribution >= 0.6 is 22.9 Å². The quantitative estimate of drug-likeness (QED) is 0.642. The van der Waals surface area contributed by atoms with Crippen molar-refractivity contribution in [3.05, 3.63) is 39.2 Å². The van der Waals surface area contributed by atoms with Gasteiger partial charge in [-0.2, -0.15) is 0 Å². The molecule has 0 saturated heterocycles.